The standard InChI is InChI=1S/C8H9ClN2O2S/c1-2-13-8(12)5-14-7-4-3-6(9)10-11-7/h3-4H,2,5H2,1H3. The van der Waals surface area contributed by atoms with E-state index >= 15 is 0 Å². The predicted molar refractivity (Wildman–Crippen MR) is 54.4 cm³/mol. The summed E-state index contributed by atoms with van der Waals surface area (Å²) in [4.78, 5) is 11.0. The molecular weight excluding hydrogens is 224 g/mol. The van der Waals surface area contributed by atoms with E-state index in [9.17, 15) is 4.79 Å². The average Bonchev–Trinajstić information content (AvgIpc) is 2.17. The fourth-order valence-corrected chi connectivity index (χ4v) is 1.43. The van der Waals surface area contributed by atoms with Gasteiger partial charge in [0.1, 0.15) is 5.03 Å². The van der Waals surface area contributed by atoms with E-state index in [2.05, 4.69) is 10.2 Å². The van der Waals surface area contributed by atoms with E-state index in [4.69, 9.17) is 16.3 Å². The van der Waals surface area contributed by atoms with Gasteiger partial charge in [0.05, 0.1) is 12.4 Å². The Bertz CT molecular complexity index is 305. The highest BCUT2D eigenvalue weighted by Crippen LogP contribution is 2.15. The average molecular weight is 233 g/mol. The van der Waals surface area contributed by atoms with Crippen molar-refractivity contribution < 1.29 is 9.53 Å². The fourth-order valence-electron chi connectivity index (χ4n) is 0.716. The largest absolute Gasteiger partial charge is 0.465 e. The highest BCUT2D eigenvalue weighted by Gasteiger charge is 2.04. The lowest BCUT2D eigenvalue weighted by Crippen LogP contribution is -2.06. The Morgan fingerprint density at radius 3 is 2.93 bits per heavy atom. The van der Waals surface area contributed by atoms with E-state index in [1.165, 1.54) is 11.8 Å². The number of aromatic nitrogens is 2. The van der Waals surface area contributed by atoms with Crippen LogP contribution in [0.4, 0.5) is 0 Å². The first-order valence-electron chi connectivity index (χ1n) is 4.00. The summed E-state index contributed by atoms with van der Waals surface area (Å²) < 4.78 is 4.75. The zero-order valence-corrected chi connectivity index (χ0v) is 9.14. The monoisotopic (exact) mass is 232 g/mol. The van der Waals surface area contributed by atoms with Crippen molar-refractivity contribution in [3.8, 4) is 0 Å². The van der Waals surface area contributed by atoms with Gasteiger partial charge in [0.15, 0.2) is 5.15 Å². The minimum Gasteiger partial charge on any atom is -0.465 e. The molecule has 0 aliphatic carbocycles. The van der Waals surface area contributed by atoms with Crippen LogP contribution in [0.5, 0.6) is 0 Å². The first-order valence-corrected chi connectivity index (χ1v) is 5.36. The summed E-state index contributed by atoms with van der Waals surface area (Å²) in [6.07, 6.45) is 0. The van der Waals surface area contributed by atoms with E-state index in [0.717, 1.165) is 0 Å². The Hall–Kier alpha value is -0.810. The highest BCUT2D eigenvalue weighted by atomic mass is 35.5. The Morgan fingerprint density at radius 2 is 2.36 bits per heavy atom. The van der Waals surface area contributed by atoms with Crippen molar-refractivity contribution in [2.45, 2.75) is 11.9 Å². The maximum Gasteiger partial charge on any atom is 0.316 e. The molecule has 0 unspecified atom stereocenters. The third-order valence-electron chi connectivity index (χ3n) is 1.25. The summed E-state index contributed by atoms with van der Waals surface area (Å²) in [5.41, 5.74) is 0. The topological polar surface area (TPSA) is 52.1 Å². The van der Waals surface area contributed by atoms with E-state index < -0.39 is 0 Å². The van der Waals surface area contributed by atoms with Crippen LogP contribution >= 0.6 is 23.4 Å². The maximum absolute atomic E-state index is 11.0. The van der Waals surface area contributed by atoms with Gasteiger partial charge in [-0.05, 0) is 19.1 Å². The molecule has 1 heterocycles. The van der Waals surface area contributed by atoms with Crippen LogP contribution in [0.3, 0.4) is 0 Å². The molecule has 0 bridgehead atoms. The second-order valence-electron chi connectivity index (χ2n) is 2.29. The van der Waals surface area contributed by atoms with Crippen LogP contribution in [-0.2, 0) is 9.53 Å². The number of nitrogens with zero attached hydrogens (tertiary/aromatic N) is 2. The molecule has 0 aliphatic heterocycles. The lowest BCUT2D eigenvalue weighted by molar-refractivity contribution is -0.139. The minimum atomic E-state index is -0.255. The maximum atomic E-state index is 11.0. The molecule has 0 atom stereocenters. The minimum absolute atomic E-state index is 0.240. The third-order valence-corrected chi connectivity index (χ3v) is 2.35. The van der Waals surface area contributed by atoms with Crippen LogP contribution in [0.2, 0.25) is 5.15 Å². The predicted octanol–water partition coefficient (Wildman–Crippen LogP) is 1.79. The van der Waals surface area contributed by atoms with E-state index in [1.54, 1.807) is 19.1 Å². The molecule has 1 aromatic rings. The van der Waals surface area contributed by atoms with Gasteiger partial charge in [-0.25, -0.2) is 0 Å². The molecule has 0 aliphatic rings. The molecule has 4 nitrogen and oxygen atoms in total. The number of hydrogen-bond donors (Lipinski definition) is 0. The van der Waals surface area contributed by atoms with Crippen molar-refractivity contribution in [1.82, 2.24) is 10.2 Å². The van der Waals surface area contributed by atoms with Gasteiger partial charge >= 0.3 is 5.97 Å². The number of thioether (sulfide) groups is 1. The van der Waals surface area contributed by atoms with Crippen molar-refractivity contribution in [1.29, 1.82) is 0 Å². The van der Waals surface area contributed by atoms with E-state index in [-0.39, 0.29) is 11.7 Å². The molecule has 1 rings (SSSR count). The number of carbonyl (C=O) groups is 1. The quantitative estimate of drug-likeness (QED) is 0.585. The van der Waals surface area contributed by atoms with Crippen molar-refractivity contribution in [2.24, 2.45) is 0 Å². The van der Waals surface area contributed by atoms with Crippen LogP contribution in [0.25, 0.3) is 0 Å². The first kappa shape index (κ1) is 11.3. The molecular formula is C8H9ClN2O2S. The molecule has 0 N–H and O–H groups in total. The number of rotatable bonds is 4. The summed E-state index contributed by atoms with van der Waals surface area (Å²) in [6, 6.07) is 3.33. The number of halogens is 1. The normalized spacial score (nSPS) is 9.86. The van der Waals surface area contributed by atoms with Gasteiger partial charge in [-0.2, -0.15) is 0 Å². The Balaban J connectivity index is 2.38. The van der Waals surface area contributed by atoms with Crippen LogP contribution < -0.4 is 0 Å². The summed E-state index contributed by atoms with van der Waals surface area (Å²) in [7, 11) is 0. The molecule has 76 valence electrons. The second-order valence-corrected chi connectivity index (χ2v) is 3.67. The smallest absolute Gasteiger partial charge is 0.316 e. The molecule has 0 saturated heterocycles. The Labute approximate surface area is 91.0 Å². The van der Waals surface area contributed by atoms with Crippen LogP contribution in [0.1, 0.15) is 6.92 Å². The van der Waals surface area contributed by atoms with Crippen LogP contribution in [0, 0.1) is 0 Å². The lowest BCUT2D eigenvalue weighted by atomic mass is 10.6. The number of ether oxygens (including phenoxy) is 1. The molecule has 0 aromatic carbocycles. The summed E-state index contributed by atoms with van der Waals surface area (Å²) in [5.74, 6) is -0.0151. The zero-order valence-electron chi connectivity index (χ0n) is 7.57. The lowest BCUT2D eigenvalue weighted by Gasteiger charge is -2.00. The third kappa shape index (κ3) is 3.93. The van der Waals surface area contributed by atoms with Crippen LogP contribution in [0.15, 0.2) is 17.2 Å². The molecule has 1 aromatic heterocycles. The van der Waals surface area contributed by atoms with Gasteiger partial charge in [-0.1, -0.05) is 23.4 Å². The number of esters is 1. The van der Waals surface area contributed by atoms with Crippen molar-refractivity contribution in [2.75, 3.05) is 12.4 Å². The van der Waals surface area contributed by atoms with Gasteiger partial charge in [0.25, 0.3) is 0 Å². The van der Waals surface area contributed by atoms with Gasteiger partial charge in [-0.15, -0.1) is 10.2 Å². The molecule has 14 heavy (non-hydrogen) atoms. The van der Waals surface area contributed by atoms with Crippen molar-refractivity contribution >= 4 is 29.3 Å². The zero-order chi connectivity index (χ0) is 10.4. The van der Waals surface area contributed by atoms with Crippen LogP contribution in [-0.4, -0.2) is 28.5 Å². The van der Waals surface area contributed by atoms with Crippen molar-refractivity contribution in [3.05, 3.63) is 17.3 Å². The molecule has 0 fully saturated rings. The molecule has 0 amide bonds. The van der Waals surface area contributed by atoms with E-state index in [1.807, 2.05) is 0 Å². The first-order chi connectivity index (χ1) is 6.72. The Morgan fingerprint density at radius 1 is 1.57 bits per heavy atom. The van der Waals surface area contributed by atoms with Gasteiger partial charge in [0.2, 0.25) is 0 Å². The van der Waals surface area contributed by atoms with Crippen molar-refractivity contribution in [3.63, 3.8) is 0 Å². The molecule has 6 heteroatoms. The summed E-state index contributed by atoms with van der Waals surface area (Å²) >= 11 is 6.82. The number of hydrogen-bond acceptors (Lipinski definition) is 5. The second kappa shape index (κ2) is 5.82. The fraction of sp³-hybridized carbons (Fsp3) is 0.375. The van der Waals surface area contributed by atoms with Gasteiger partial charge in [-0.3, -0.25) is 4.79 Å². The highest BCUT2D eigenvalue weighted by molar-refractivity contribution is 7.99. The SMILES string of the molecule is CCOC(=O)CSc1ccc(Cl)nn1. The molecule has 0 spiro atoms. The molecule has 0 radical (unpaired) electrons. The number of carbonyl (C=O) groups excluding carboxylic acids is 1. The van der Waals surface area contributed by atoms with E-state index in [0.29, 0.717) is 16.8 Å². The summed E-state index contributed by atoms with van der Waals surface area (Å²) in [5, 5.41) is 8.42. The van der Waals surface area contributed by atoms with Gasteiger partial charge < -0.3 is 4.74 Å². The summed E-state index contributed by atoms with van der Waals surface area (Å²) in [6.45, 7) is 2.16. The van der Waals surface area contributed by atoms with Gasteiger partial charge in [0, 0.05) is 0 Å². The molecule has 0 saturated carbocycles. The Kier molecular flexibility index (Phi) is 4.69.